The van der Waals surface area contributed by atoms with Gasteiger partial charge in [0.15, 0.2) is 0 Å². The van der Waals surface area contributed by atoms with Gasteiger partial charge in [0, 0.05) is 18.7 Å². The number of sulfonamides is 1. The SMILES string of the molecule is COc1ccccc1CC(=O)NCCS(=O)(=O)NCc1ccccc1. The lowest BCUT2D eigenvalue weighted by atomic mass is 10.1. The van der Waals surface area contributed by atoms with Gasteiger partial charge in [-0.2, -0.15) is 0 Å². The van der Waals surface area contributed by atoms with Crippen molar-refractivity contribution in [1.29, 1.82) is 0 Å². The summed E-state index contributed by atoms with van der Waals surface area (Å²) in [6.07, 6.45) is 0.140. The fourth-order valence-electron chi connectivity index (χ4n) is 2.27. The van der Waals surface area contributed by atoms with Gasteiger partial charge in [-0.25, -0.2) is 13.1 Å². The molecule has 0 fully saturated rings. The lowest BCUT2D eigenvalue weighted by Crippen LogP contribution is -2.34. The summed E-state index contributed by atoms with van der Waals surface area (Å²) in [5.74, 6) is 0.217. The van der Waals surface area contributed by atoms with Crippen LogP contribution in [0, 0.1) is 0 Å². The number of benzene rings is 2. The fraction of sp³-hybridized carbons (Fsp3) is 0.278. The topological polar surface area (TPSA) is 84.5 Å². The monoisotopic (exact) mass is 362 g/mol. The molecular formula is C18H22N2O4S. The highest BCUT2D eigenvalue weighted by atomic mass is 32.2. The molecule has 0 unspecified atom stereocenters. The number of methoxy groups -OCH3 is 1. The Morgan fingerprint density at radius 2 is 1.72 bits per heavy atom. The van der Waals surface area contributed by atoms with Crippen LogP contribution in [0.2, 0.25) is 0 Å². The highest BCUT2D eigenvalue weighted by molar-refractivity contribution is 7.89. The molecule has 2 N–H and O–H groups in total. The van der Waals surface area contributed by atoms with E-state index >= 15 is 0 Å². The van der Waals surface area contributed by atoms with Crippen molar-refractivity contribution in [2.24, 2.45) is 0 Å². The summed E-state index contributed by atoms with van der Waals surface area (Å²) in [5.41, 5.74) is 1.64. The van der Waals surface area contributed by atoms with Crippen LogP contribution in [-0.4, -0.2) is 33.7 Å². The third-order valence-corrected chi connectivity index (χ3v) is 4.90. The Kier molecular flexibility index (Phi) is 6.97. The maximum Gasteiger partial charge on any atom is 0.224 e. The van der Waals surface area contributed by atoms with E-state index in [-0.39, 0.29) is 31.2 Å². The van der Waals surface area contributed by atoms with Gasteiger partial charge in [0.25, 0.3) is 0 Å². The number of carbonyl (C=O) groups excluding carboxylic acids is 1. The molecule has 7 heteroatoms. The van der Waals surface area contributed by atoms with E-state index in [4.69, 9.17) is 4.74 Å². The molecule has 0 saturated heterocycles. The lowest BCUT2D eigenvalue weighted by Gasteiger charge is -2.10. The number of carbonyl (C=O) groups is 1. The summed E-state index contributed by atoms with van der Waals surface area (Å²) in [7, 11) is -1.91. The van der Waals surface area contributed by atoms with Crippen LogP contribution in [0.3, 0.4) is 0 Å². The van der Waals surface area contributed by atoms with E-state index < -0.39 is 10.0 Å². The molecule has 6 nitrogen and oxygen atoms in total. The maximum absolute atomic E-state index is 12.0. The van der Waals surface area contributed by atoms with Crippen molar-refractivity contribution in [3.8, 4) is 5.75 Å². The third-order valence-electron chi connectivity index (χ3n) is 3.58. The van der Waals surface area contributed by atoms with Crippen molar-refractivity contribution in [2.45, 2.75) is 13.0 Å². The molecule has 0 aliphatic heterocycles. The molecule has 1 amide bonds. The summed E-state index contributed by atoms with van der Waals surface area (Å²) < 4.78 is 31.6. The first kappa shape index (κ1) is 19.0. The highest BCUT2D eigenvalue weighted by Gasteiger charge is 2.12. The number of rotatable bonds is 9. The van der Waals surface area contributed by atoms with Crippen LogP contribution in [0.4, 0.5) is 0 Å². The van der Waals surface area contributed by atoms with Crippen LogP contribution in [0.25, 0.3) is 0 Å². The molecule has 2 rings (SSSR count). The van der Waals surface area contributed by atoms with Gasteiger partial charge in [-0.05, 0) is 11.6 Å². The zero-order valence-corrected chi connectivity index (χ0v) is 14.9. The van der Waals surface area contributed by atoms with Gasteiger partial charge in [-0.1, -0.05) is 48.5 Å². The number of amides is 1. The zero-order chi connectivity index (χ0) is 18.1. The van der Waals surface area contributed by atoms with Crippen molar-refractivity contribution >= 4 is 15.9 Å². The van der Waals surface area contributed by atoms with Crippen LogP contribution in [0.15, 0.2) is 54.6 Å². The Hall–Kier alpha value is -2.38. The Bertz CT molecular complexity index is 792. The average molecular weight is 362 g/mol. The molecule has 0 aliphatic rings. The van der Waals surface area contributed by atoms with Crippen LogP contribution in [0.1, 0.15) is 11.1 Å². The number of ether oxygens (including phenoxy) is 1. The third kappa shape index (κ3) is 6.56. The van der Waals surface area contributed by atoms with E-state index in [0.29, 0.717) is 5.75 Å². The van der Waals surface area contributed by atoms with Crippen LogP contribution in [0.5, 0.6) is 5.75 Å². The lowest BCUT2D eigenvalue weighted by molar-refractivity contribution is -0.120. The number of hydrogen-bond acceptors (Lipinski definition) is 4. The van der Waals surface area contributed by atoms with Gasteiger partial charge in [0.05, 0.1) is 19.3 Å². The summed E-state index contributed by atoms with van der Waals surface area (Å²) in [6, 6.07) is 16.5. The minimum Gasteiger partial charge on any atom is -0.496 e. The predicted octanol–water partition coefficient (Wildman–Crippen LogP) is 1.47. The van der Waals surface area contributed by atoms with E-state index in [0.717, 1.165) is 11.1 Å². The Balaban J connectivity index is 1.76. The van der Waals surface area contributed by atoms with Crippen molar-refractivity contribution < 1.29 is 17.9 Å². The normalized spacial score (nSPS) is 11.1. The van der Waals surface area contributed by atoms with E-state index in [2.05, 4.69) is 10.0 Å². The molecule has 0 bridgehead atoms. The van der Waals surface area contributed by atoms with E-state index in [9.17, 15) is 13.2 Å². The molecular weight excluding hydrogens is 340 g/mol. The molecule has 25 heavy (non-hydrogen) atoms. The smallest absolute Gasteiger partial charge is 0.224 e. The van der Waals surface area contributed by atoms with Gasteiger partial charge in [0.2, 0.25) is 15.9 Å². The summed E-state index contributed by atoms with van der Waals surface area (Å²) in [6.45, 7) is 0.288. The minimum absolute atomic E-state index is 0.0537. The van der Waals surface area contributed by atoms with Crippen LogP contribution >= 0.6 is 0 Å². The quantitative estimate of drug-likeness (QED) is 0.708. The molecule has 0 radical (unpaired) electrons. The maximum atomic E-state index is 12.0. The van der Waals surface area contributed by atoms with Gasteiger partial charge >= 0.3 is 0 Å². The van der Waals surface area contributed by atoms with E-state index in [1.165, 1.54) is 0 Å². The summed E-state index contributed by atoms with van der Waals surface area (Å²) in [4.78, 5) is 12.0. The zero-order valence-electron chi connectivity index (χ0n) is 14.1. The first-order chi connectivity index (χ1) is 12.0. The first-order valence-corrected chi connectivity index (χ1v) is 9.55. The largest absolute Gasteiger partial charge is 0.496 e. The predicted molar refractivity (Wildman–Crippen MR) is 96.8 cm³/mol. The van der Waals surface area contributed by atoms with Crippen molar-refractivity contribution in [1.82, 2.24) is 10.0 Å². The van der Waals surface area contributed by atoms with Crippen molar-refractivity contribution in [2.75, 3.05) is 19.4 Å². The average Bonchev–Trinajstić information content (AvgIpc) is 2.61. The highest BCUT2D eigenvalue weighted by Crippen LogP contribution is 2.17. The molecule has 2 aromatic carbocycles. The van der Waals surface area contributed by atoms with Gasteiger partial charge in [-0.15, -0.1) is 0 Å². The minimum atomic E-state index is -3.45. The molecule has 0 spiro atoms. The van der Waals surface area contributed by atoms with Crippen LogP contribution in [-0.2, 0) is 27.8 Å². The molecule has 0 saturated carbocycles. The second kappa shape index (κ2) is 9.19. The molecule has 0 heterocycles. The molecule has 0 atom stereocenters. The fourth-order valence-corrected chi connectivity index (χ4v) is 3.17. The van der Waals surface area contributed by atoms with Gasteiger partial charge < -0.3 is 10.1 Å². The van der Waals surface area contributed by atoms with E-state index in [1.807, 2.05) is 42.5 Å². The number of para-hydroxylation sites is 1. The van der Waals surface area contributed by atoms with Crippen molar-refractivity contribution in [3.05, 3.63) is 65.7 Å². The Labute approximate surface area is 148 Å². The Morgan fingerprint density at radius 3 is 2.44 bits per heavy atom. The van der Waals surface area contributed by atoms with Gasteiger partial charge in [-0.3, -0.25) is 4.79 Å². The Morgan fingerprint density at radius 1 is 1.04 bits per heavy atom. The standard InChI is InChI=1S/C18H22N2O4S/c1-24-17-10-6-5-9-16(17)13-18(21)19-11-12-25(22,23)20-14-15-7-3-2-4-8-15/h2-10,20H,11-14H2,1H3,(H,19,21). The summed E-state index contributed by atoms with van der Waals surface area (Å²) >= 11 is 0. The molecule has 134 valence electrons. The molecule has 0 aromatic heterocycles. The van der Waals surface area contributed by atoms with Crippen LogP contribution < -0.4 is 14.8 Å². The first-order valence-electron chi connectivity index (χ1n) is 7.90. The van der Waals surface area contributed by atoms with E-state index in [1.54, 1.807) is 19.2 Å². The molecule has 2 aromatic rings. The number of hydrogen-bond donors (Lipinski definition) is 2. The second-order valence-electron chi connectivity index (χ2n) is 5.46. The van der Waals surface area contributed by atoms with Crippen molar-refractivity contribution in [3.63, 3.8) is 0 Å². The number of nitrogens with one attached hydrogen (secondary N) is 2. The second-order valence-corrected chi connectivity index (χ2v) is 7.39. The molecule has 0 aliphatic carbocycles. The summed E-state index contributed by atoms with van der Waals surface area (Å²) in [5, 5.41) is 2.62. The van der Waals surface area contributed by atoms with Gasteiger partial charge in [0.1, 0.15) is 5.75 Å².